The third-order valence-electron chi connectivity index (χ3n) is 1.78. The maximum Gasteiger partial charge on any atom is 0.393 e. The number of benzene rings is 1. The standard InChI is InChI=1S/C9H9F3O3S/c10-9(11,12)5-7-1-3-8(4-2-7)6-16(13,14)15/h1-4H,5-6H2,(H,13,14,15). The van der Waals surface area contributed by atoms with Crippen LogP contribution in [-0.4, -0.2) is 19.1 Å². The van der Waals surface area contributed by atoms with E-state index >= 15 is 0 Å². The Kier molecular flexibility index (Phi) is 3.59. The molecule has 90 valence electrons. The summed E-state index contributed by atoms with van der Waals surface area (Å²) in [6.45, 7) is 0. The summed E-state index contributed by atoms with van der Waals surface area (Å²) in [7, 11) is -4.15. The number of alkyl halides is 3. The maximum atomic E-state index is 12.0. The van der Waals surface area contributed by atoms with Gasteiger partial charge in [0.2, 0.25) is 0 Å². The molecular formula is C9H9F3O3S. The smallest absolute Gasteiger partial charge is 0.285 e. The van der Waals surface area contributed by atoms with Crippen molar-refractivity contribution in [3.05, 3.63) is 35.4 Å². The summed E-state index contributed by atoms with van der Waals surface area (Å²) in [5, 5.41) is 0. The fraction of sp³-hybridized carbons (Fsp3) is 0.333. The van der Waals surface area contributed by atoms with Gasteiger partial charge < -0.3 is 0 Å². The predicted molar refractivity (Wildman–Crippen MR) is 51.5 cm³/mol. The lowest BCUT2D eigenvalue weighted by molar-refractivity contribution is -0.127. The second-order valence-corrected chi connectivity index (χ2v) is 4.79. The highest BCUT2D eigenvalue weighted by Gasteiger charge is 2.27. The minimum Gasteiger partial charge on any atom is -0.285 e. The summed E-state index contributed by atoms with van der Waals surface area (Å²) >= 11 is 0. The summed E-state index contributed by atoms with van der Waals surface area (Å²) < 4.78 is 65.4. The molecular weight excluding hydrogens is 245 g/mol. The van der Waals surface area contributed by atoms with Gasteiger partial charge in [-0.15, -0.1) is 0 Å². The van der Waals surface area contributed by atoms with Crippen molar-refractivity contribution in [3.63, 3.8) is 0 Å². The fourth-order valence-electron chi connectivity index (χ4n) is 1.20. The second kappa shape index (κ2) is 4.42. The van der Waals surface area contributed by atoms with Crippen LogP contribution in [0.25, 0.3) is 0 Å². The fourth-order valence-corrected chi connectivity index (χ4v) is 1.81. The molecule has 0 atom stereocenters. The first-order chi connectivity index (χ1) is 7.16. The highest BCUT2D eigenvalue weighted by Crippen LogP contribution is 2.21. The zero-order valence-corrected chi connectivity index (χ0v) is 8.85. The largest absolute Gasteiger partial charge is 0.393 e. The lowest BCUT2D eigenvalue weighted by atomic mass is 10.1. The van der Waals surface area contributed by atoms with E-state index < -0.39 is 28.5 Å². The molecule has 16 heavy (non-hydrogen) atoms. The topological polar surface area (TPSA) is 54.4 Å². The van der Waals surface area contributed by atoms with Crippen LogP contribution in [0.3, 0.4) is 0 Å². The lowest BCUT2D eigenvalue weighted by Crippen LogP contribution is -2.11. The highest BCUT2D eigenvalue weighted by molar-refractivity contribution is 7.85. The molecule has 3 nitrogen and oxygen atoms in total. The van der Waals surface area contributed by atoms with Crippen molar-refractivity contribution in [1.82, 2.24) is 0 Å². The molecule has 0 aliphatic rings. The van der Waals surface area contributed by atoms with Crippen LogP contribution in [0.1, 0.15) is 11.1 Å². The lowest BCUT2D eigenvalue weighted by Gasteiger charge is -2.06. The number of hydrogen-bond donors (Lipinski definition) is 1. The van der Waals surface area contributed by atoms with Crippen molar-refractivity contribution in [2.24, 2.45) is 0 Å². The molecule has 0 amide bonds. The predicted octanol–water partition coefficient (Wildman–Crippen LogP) is 2.18. The first kappa shape index (κ1) is 13.0. The summed E-state index contributed by atoms with van der Waals surface area (Å²) in [5.74, 6) is -0.598. The number of rotatable bonds is 3. The van der Waals surface area contributed by atoms with E-state index in [0.717, 1.165) is 0 Å². The van der Waals surface area contributed by atoms with Gasteiger partial charge in [0, 0.05) is 0 Å². The molecule has 0 saturated heterocycles. The van der Waals surface area contributed by atoms with Crippen molar-refractivity contribution in [1.29, 1.82) is 0 Å². The Labute approximate surface area is 90.7 Å². The molecule has 0 spiro atoms. The van der Waals surface area contributed by atoms with Gasteiger partial charge in [0.15, 0.2) is 0 Å². The third-order valence-corrected chi connectivity index (χ3v) is 2.47. The first-order valence-electron chi connectivity index (χ1n) is 4.25. The van der Waals surface area contributed by atoms with Crippen LogP contribution in [-0.2, 0) is 22.3 Å². The molecule has 0 aromatic heterocycles. The van der Waals surface area contributed by atoms with E-state index in [1.54, 1.807) is 0 Å². The first-order valence-corrected chi connectivity index (χ1v) is 5.86. The molecule has 0 unspecified atom stereocenters. The third kappa shape index (κ3) is 5.13. The average molecular weight is 254 g/mol. The Morgan fingerprint density at radius 1 is 1.06 bits per heavy atom. The second-order valence-electron chi connectivity index (χ2n) is 3.33. The van der Waals surface area contributed by atoms with E-state index in [1.165, 1.54) is 24.3 Å². The van der Waals surface area contributed by atoms with Gasteiger partial charge in [-0.3, -0.25) is 4.55 Å². The van der Waals surface area contributed by atoms with Crippen molar-refractivity contribution >= 4 is 10.1 Å². The zero-order valence-electron chi connectivity index (χ0n) is 8.03. The van der Waals surface area contributed by atoms with Gasteiger partial charge in [-0.2, -0.15) is 21.6 Å². The highest BCUT2D eigenvalue weighted by atomic mass is 32.2. The Morgan fingerprint density at radius 2 is 1.50 bits per heavy atom. The molecule has 1 aromatic carbocycles. The van der Waals surface area contributed by atoms with E-state index in [0.29, 0.717) is 0 Å². The molecule has 1 aromatic rings. The molecule has 0 aliphatic carbocycles. The van der Waals surface area contributed by atoms with Crippen molar-refractivity contribution < 1.29 is 26.1 Å². The van der Waals surface area contributed by atoms with Crippen LogP contribution >= 0.6 is 0 Å². The maximum absolute atomic E-state index is 12.0. The van der Waals surface area contributed by atoms with E-state index in [1.807, 2.05) is 0 Å². The van der Waals surface area contributed by atoms with E-state index in [2.05, 4.69) is 0 Å². The summed E-state index contributed by atoms with van der Waals surface area (Å²) in [6.07, 6.45) is -5.34. The molecule has 0 fully saturated rings. The molecule has 1 rings (SSSR count). The molecule has 0 bridgehead atoms. The molecule has 0 radical (unpaired) electrons. The van der Waals surface area contributed by atoms with Gasteiger partial charge in [-0.05, 0) is 11.1 Å². The van der Waals surface area contributed by atoms with Crippen LogP contribution in [0.4, 0.5) is 13.2 Å². The Hall–Kier alpha value is -1.08. The van der Waals surface area contributed by atoms with Gasteiger partial charge in [-0.1, -0.05) is 24.3 Å². The van der Waals surface area contributed by atoms with Crippen LogP contribution in [0.5, 0.6) is 0 Å². The van der Waals surface area contributed by atoms with Gasteiger partial charge in [-0.25, -0.2) is 0 Å². The van der Waals surface area contributed by atoms with Gasteiger partial charge >= 0.3 is 6.18 Å². The molecule has 7 heteroatoms. The molecule has 1 N–H and O–H groups in total. The Bertz CT molecular complexity index is 448. The summed E-state index contributed by atoms with van der Waals surface area (Å²) in [4.78, 5) is 0. The van der Waals surface area contributed by atoms with Gasteiger partial charge in [0.25, 0.3) is 10.1 Å². The number of halogens is 3. The van der Waals surface area contributed by atoms with E-state index in [9.17, 15) is 21.6 Å². The van der Waals surface area contributed by atoms with Crippen LogP contribution in [0.2, 0.25) is 0 Å². The zero-order chi connectivity index (χ0) is 12.4. The van der Waals surface area contributed by atoms with Gasteiger partial charge in [0.1, 0.15) is 5.75 Å². The van der Waals surface area contributed by atoms with Gasteiger partial charge in [0.05, 0.1) is 6.42 Å². The minimum atomic E-state index is -4.29. The van der Waals surface area contributed by atoms with Crippen molar-refractivity contribution in [3.8, 4) is 0 Å². The minimum absolute atomic E-state index is 0.0478. The van der Waals surface area contributed by atoms with Crippen LogP contribution in [0, 0.1) is 0 Å². The SMILES string of the molecule is O=S(=O)(O)Cc1ccc(CC(F)(F)F)cc1. The monoisotopic (exact) mass is 254 g/mol. The van der Waals surface area contributed by atoms with Crippen LogP contribution < -0.4 is 0 Å². The average Bonchev–Trinajstić information content (AvgIpc) is 2.03. The quantitative estimate of drug-likeness (QED) is 0.841. The van der Waals surface area contributed by atoms with Crippen LogP contribution in [0.15, 0.2) is 24.3 Å². The summed E-state index contributed by atoms with van der Waals surface area (Å²) in [6, 6.07) is 4.87. The van der Waals surface area contributed by atoms with E-state index in [4.69, 9.17) is 4.55 Å². The van der Waals surface area contributed by atoms with E-state index in [-0.39, 0.29) is 11.1 Å². The molecule has 0 aliphatic heterocycles. The Balaban J connectivity index is 2.76. The molecule has 0 heterocycles. The van der Waals surface area contributed by atoms with Crippen molar-refractivity contribution in [2.45, 2.75) is 18.3 Å². The number of hydrogen-bond acceptors (Lipinski definition) is 2. The van der Waals surface area contributed by atoms with Crippen molar-refractivity contribution in [2.75, 3.05) is 0 Å². The normalized spacial score (nSPS) is 12.8. The summed E-state index contributed by atoms with van der Waals surface area (Å²) in [5.41, 5.74) is 0.292. The molecule has 0 saturated carbocycles. The Morgan fingerprint density at radius 3 is 1.88 bits per heavy atom.